The lowest BCUT2D eigenvalue weighted by molar-refractivity contribution is -0.140. The number of fused-ring (bicyclic) bond motifs is 1. The van der Waals surface area contributed by atoms with Crippen LogP contribution in [0.3, 0.4) is 0 Å². The summed E-state index contributed by atoms with van der Waals surface area (Å²) in [4.78, 5) is 20.7. The first kappa shape index (κ1) is 16.0. The summed E-state index contributed by atoms with van der Waals surface area (Å²) in [5.74, 6) is 0. The number of nitrogens with zero attached hydrogens (tertiary/aromatic N) is 3. The van der Waals surface area contributed by atoms with Crippen LogP contribution in [-0.4, -0.2) is 20.7 Å². The lowest BCUT2D eigenvalue weighted by Gasteiger charge is -2.14. The van der Waals surface area contributed by atoms with Crippen molar-refractivity contribution in [3.05, 3.63) is 52.4 Å². The highest BCUT2D eigenvalue weighted by Crippen LogP contribution is 2.24. The van der Waals surface area contributed by atoms with E-state index < -0.39 is 18.3 Å². The van der Waals surface area contributed by atoms with Gasteiger partial charge in [-0.1, -0.05) is 23.8 Å². The Bertz CT molecular complexity index is 979. The van der Waals surface area contributed by atoms with Crippen LogP contribution in [0.1, 0.15) is 5.56 Å². The van der Waals surface area contributed by atoms with Gasteiger partial charge in [0, 0.05) is 11.8 Å². The highest BCUT2D eigenvalue weighted by molar-refractivity contribution is 5.85. The van der Waals surface area contributed by atoms with Gasteiger partial charge in [-0.05, 0) is 19.1 Å². The number of benzene rings is 1. The Kier molecular flexibility index (Phi) is 3.75. The minimum Gasteiger partial charge on any atom is -0.397 e. The fourth-order valence-electron chi connectivity index (χ4n) is 2.46. The second kappa shape index (κ2) is 5.63. The van der Waals surface area contributed by atoms with E-state index in [1.54, 1.807) is 18.2 Å². The van der Waals surface area contributed by atoms with E-state index in [0.29, 0.717) is 10.1 Å². The van der Waals surface area contributed by atoms with E-state index in [-0.39, 0.29) is 22.5 Å². The molecule has 0 amide bonds. The molecule has 24 heavy (non-hydrogen) atoms. The molecule has 0 aliphatic rings. The Morgan fingerprint density at radius 3 is 2.67 bits per heavy atom. The monoisotopic (exact) mass is 334 g/mol. The van der Waals surface area contributed by atoms with Crippen molar-refractivity contribution in [1.82, 2.24) is 14.5 Å². The predicted octanol–water partition coefficient (Wildman–Crippen LogP) is 2.91. The fourth-order valence-corrected chi connectivity index (χ4v) is 2.46. The predicted molar refractivity (Wildman–Crippen MR) is 84.4 cm³/mol. The van der Waals surface area contributed by atoms with Crippen molar-refractivity contribution in [3.63, 3.8) is 0 Å². The molecule has 0 aliphatic carbocycles. The Labute approximate surface area is 134 Å². The summed E-state index contributed by atoms with van der Waals surface area (Å²) in [6.07, 6.45) is -3.33. The number of alkyl halides is 3. The molecule has 3 aromatic rings. The molecule has 0 aliphatic heterocycles. The molecular formula is C16H13F3N4O. The van der Waals surface area contributed by atoms with Crippen molar-refractivity contribution >= 4 is 16.9 Å². The van der Waals surface area contributed by atoms with Crippen LogP contribution >= 0.6 is 0 Å². The van der Waals surface area contributed by atoms with Crippen LogP contribution in [0.4, 0.5) is 18.9 Å². The van der Waals surface area contributed by atoms with Crippen LogP contribution in [0.15, 0.2) is 41.3 Å². The minimum absolute atomic E-state index is 0.0675. The van der Waals surface area contributed by atoms with Gasteiger partial charge in [-0.15, -0.1) is 0 Å². The summed E-state index contributed by atoms with van der Waals surface area (Å²) >= 11 is 0. The van der Waals surface area contributed by atoms with Gasteiger partial charge in [-0.2, -0.15) is 13.2 Å². The van der Waals surface area contributed by atoms with Crippen molar-refractivity contribution < 1.29 is 13.2 Å². The topological polar surface area (TPSA) is 73.8 Å². The largest absolute Gasteiger partial charge is 0.406 e. The second-order valence-electron chi connectivity index (χ2n) is 5.41. The highest BCUT2D eigenvalue weighted by atomic mass is 19.4. The van der Waals surface area contributed by atoms with Crippen molar-refractivity contribution in [2.45, 2.75) is 19.6 Å². The zero-order valence-electron chi connectivity index (χ0n) is 12.6. The van der Waals surface area contributed by atoms with E-state index in [1.165, 1.54) is 12.3 Å². The van der Waals surface area contributed by atoms with Crippen molar-refractivity contribution in [3.8, 4) is 11.3 Å². The van der Waals surface area contributed by atoms with E-state index in [2.05, 4.69) is 9.97 Å². The molecule has 5 nitrogen and oxygen atoms in total. The Morgan fingerprint density at radius 1 is 1.25 bits per heavy atom. The van der Waals surface area contributed by atoms with Crippen molar-refractivity contribution in [2.75, 3.05) is 5.73 Å². The third-order valence-electron chi connectivity index (χ3n) is 3.49. The molecule has 0 radical (unpaired) electrons. The smallest absolute Gasteiger partial charge is 0.397 e. The molecule has 0 atom stereocenters. The van der Waals surface area contributed by atoms with Gasteiger partial charge in [-0.3, -0.25) is 9.36 Å². The fraction of sp³-hybridized carbons (Fsp3) is 0.188. The lowest BCUT2D eigenvalue weighted by Crippen LogP contribution is -2.31. The van der Waals surface area contributed by atoms with Gasteiger partial charge in [0.2, 0.25) is 0 Å². The van der Waals surface area contributed by atoms with E-state index in [0.717, 1.165) is 5.56 Å². The SMILES string of the molecule is Cc1cccc(-c2nc3c(N)ccnc3n(CC(F)(F)F)c2=O)c1. The van der Waals surface area contributed by atoms with Crippen LogP contribution in [-0.2, 0) is 6.54 Å². The summed E-state index contributed by atoms with van der Waals surface area (Å²) in [6, 6.07) is 8.25. The summed E-state index contributed by atoms with van der Waals surface area (Å²) < 4.78 is 39.3. The third-order valence-corrected chi connectivity index (χ3v) is 3.49. The molecule has 8 heteroatoms. The molecule has 0 bridgehead atoms. The number of aromatic nitrogens is 3. The van der Waals surface area contributed by atoms with E-state index in [9.17, 15) is 18.0 Å². The maximum Gasteiger partial charge on any atom is 0.406 e. The third kappa shape index (κ3) is 2.94. The second-order valence-corrected chi connectivity index (χ2v) is 5.41. The molecule has 0 unspecified atom stereocenters. The first-order valence-electron chi connectivity index (χ1n) is 7.05. The van der Waals surface area contributed by atoms with Crippen molar-refractivity contribution in [2.24, 2.45) is 0 Å². The molecule has 3 rings (SSSR count). The molecular weight excluding hydrogens is 321 g/mol. The average Bonchev–Trinajstić information content (AvgIpc) is 2.49. The van der Waals surface area contributed by atoms with Crippen LogP contribution in [0.2, 0.25) is 0 Å². The summed E-state index contributed by atoms with van der Waals surface area (Å²) in [5, 5.41) is 0. The molecule has 1 aromatic carbocycles. The first-order chi connectivity index (χ1) is 11.3. The summed E-state index contributed by atoms with van der Waals surface area (Å²) in [7, 11) is 0. The first-order valence-corrected chi connectivity index (χ1v) is 7.05. The van der Waals surface area contributed by atoms with Gasteiger partial charge < -0.3 is 5.73 Å². The number of anilines is 1. The van der Waals surface area contributed by atoms with Crippen LogP contribution in [0, 0.1) is 6.92 Å². The van der Waals surface area contributed by atoms with Gasteiger partial charge in [0.15, 0.2) is 5.65 Å². The van der Waals surface area contributed by atoms with Crippen LogP contribution in [0.25, 0.3) is 22.4 Å². The zero-order valence-corrected chi connectivity index (χ0v) is 12.6. The van der Waals surface area contributed by atoms with E-state index in [1.807, 2.05) is 13.0 Å². The molecule has 2 aromatic heterocycles. The molecule has 0 spiro atoms. The summed E-state index contributed by atoms with van der Waals surface area (Å²) in [6.45, 7) is 0.356. The number of nitrogens with two attached hydrogens (primary N) is 1. The number of halogens is 3. The van der Waals surface area contributed by atoms with Gasteiger partial charge in [-0.25, -0.2) is 9.97 Å². The van der Waals surface area contributed by atoms with E-state index in [4.69, 9.17) is 5.73 Å². The van der Waals surface area contributed by atoms with Gasteiger partial charge in [0.05, 0.1) is 5.69 Å². The normalized spacial score (nSPS) is 11.8. The summed E-state index contributed by atoms with van der Waals surface area (Å²) in [5.41, 5.74) is 6.20. The molecule has 124 valence electrons. The number of hydrogen-bond donors (Lipinski definition) is 1. The molecule has 2 heterocycles. The van der Waals surface area contributed by atoms with E-state index >= 15 is 0 Å². The molecule has 0 fully saturated rings. The maximum absolute atomic E-state index is 12.9. The van der Waals surface area contributed by atoms with Crippen LogP contribution < -0.4 is 11.3 Å². The Balaban J connectivity index is 2.37. The highest BCUT2D eigenvalue weighted by Gasteiger charge is 2.30. The van der Waals surface area contributed by atoms with Gasteiger partial charge >= 0.3 is 6.18 Å². The lowest BCUT2D eigenvalue weighted by atomic mass is 10.1. The standard InChI is InChI=1S/C16H13F3N4O/c1-9-3-2-4-10(7-9)12-15(24)23(8-16(17,18)19)14-13(22-12)11(20)5-6-21-14/h2-7H,8H2,1H3,(H2,20,21). The zero-order chi connectivity index (χ0) is 17.5. The maximum atomic E-state index is 12.9. The molecule has 0 saturated carbocycles. The van der Waals surface area contributed by atoms with Gasteiger partial charge in [0.25, 0.3) is 5.56 Å². The van der Waals surface area contributed by atoms with Crippen LogP contribution in [0.5, 0.6) is 0 Å². The number of pyridine rings is 1. The number of rotatable bonds is 2. The molecule has 0 saturated heterocycles. The van der Waals surface area contributed by atoms with Gasteiger partial charge in [0.1, 0.15) is 17.8 Å². The quantitative estimate of drug-likeness (QED) is 0.782. The Morgan fingerprint density at radius 2 is 2.00 bits per heavy atom. The molecule has 2 N–H and O–H groups in total. The number of nitrogen functional groups attached to an aromatic ring is 1. The number of hydrogen-bond acceptors (Lipinski definition) is 4. The Hall–Kier alpha value is -2.90. The minimum atomic E-state index is -4.58. The average molecular weight is 334 g/mol. The van der Waals surface area contributed by atoms with Crippen molar-refractivity contribution in [1.29, 1.82) is 0 Å². The number of aryl methyl sites for hydroxylation is 1.